The van der Waals surface area contributed by atoms with Gasteiger partial charge in [0.05, 0.1) is 21.6 Å². The molecular weight excluding hydrogens is 309 g/mol. The quantitative estimate of drug-likeness (QED) is 0.668. The SMILES string of the molecule is CC(C)(O)CCOc1cc(F)c(Br)cc1[N+](=O)[O-]. The maximum absolute atomic E-state index is 13.3. The van der Waals surface area contributed by atoms with Gasteiger partial charge in [-0.1, -0.05) is 0 Å². The fraction of sp³-hybridized carbons (Fsp3) is 0.455. The third kappa shape index (κ3) is 4.23. The van der Waals surface area contributed by atoms with Gasteiger partial charge in [0.1, 0.15) is 5.82 Å². The van der Waals surface area contributed by atoms with Crippen molar-refractivity contribution in [1.29, 1.82) is 0 Å². The number of hydrogen-bond donors (Lipinski definition) is 1. The van der Waals surface area contributed by atoms with E-state index in [4.69, 9.17) is 4.74 Å². The molecule has 7 heteroatoms. The summed E-state index contributed by atoms with van der Waals surface area (Å²) in [6.45, 7) is 3.24. The first kappa shape index (κ1) is 14.8. The van der Waals surface area contributed by atoms with E-state index < -0.39 is 16.3 Å². The number of nitro benzene ring substituents is 1. The first-order valence-corrected chi connectivity index (χ1v) is 5.98. The van der Waals surface area contributed by atoms with E-state index in [0.29, 0.717) is 0 Å². The molecule has 0 aliphatic heterocycles. The Kier molecular flexibility index (Phi) is 4.64. The number of nitrogens with zero attached hydrogens (tertiary/aromatic N) is 1. The summed E-state index contributed by atoms with van der Waals surface area (Å²) < 4.78 is 18.4. The van der Waals surface area contributed by atoms with E-state index >= 15 is 0 Å². The number of benzene rings is 1. The molecule has 0 saturated carbocycles. The second kappa shape index (κ2) is 5.62. The van der Waals surface area contributed by atoms with Crippen molar-refractivity contribution in [3.05, 3.63) is 32.5 Å². The molecule has 1 aromatic carbocycles. The summed E-state index contributed by atoms with van der Waals surface area (Å²) in [5.74, 6) is -0.788. The van der Waals surface area contributed by atoms with Gasteiger partial charge in [-0.15, -0.1) is 0 Å². The van der Waals surface area contributed by atoms with Crippen molar-refractivity contribution in [3.8, 4) is 5.75 Å². The van der Waals surface area contributed by atoms with Crippen molar-refractivity contribution in [2.24, 2.45) is 0 Å². The Hall–Kier alpha value is -1.21. The van der Waals surface area contributed by atoms with Gasteiger partial charge < -0.3 is 9.84 Å². The molecule has 0 heterocycles. The van der Waals surface area contributed by atoms with Crippen LogP contribution in [0.1, 0.15) is 20.3 Å². The molecule has 0 fully saturated rings. The van der Waals surface area contributed by atoms with Gasteiger partial charge in [0.2, 0.25) is 0 Å². The van der Waals surface area contributed by atoms with Crippen LogP contribution in [-0.4, -0.2) is 22.2 Å². The molecule has 0 aliphatic carbocycles. The molecule has 0 bridgehead atoms. The van der Waals surface area contributed by atoms with Crippen molar-refractivity contribution in [3.63, 3.8) is 0 Å². The van der Waals surface area contributed by atoms with Gasteiger partial charge in [-0.25, -0.2) is 4.39 Å². The van der Waals surface area contributed by atoms with E-state index in [1.54, 1.807) is 13.8 Å². The van der Waals surface area contributed by atoms with Crippen LogP contribution >= 0.6 is 15.9 Å². The Labute approximate surface area is 112 Å². The first-order chi connectivity index (χ1) is 8.20. The van der Waals surface area contributed by atoms with Gasteiger partial charge in [0.25, 0.3) is 0 Å². The second-order valence-corrected chi connectivity index (χ2v) is 5.26. The highest BCUT2D eigenvalue weighted by atomic mass is 79.9. The Morgan fingerprint density at radius 3 is 2.67 bits per heavy atom. The van der Waals surface area contributed by atoms with Crippen LogP contribution in [0, 0.1) is 15.9 Å². The first-order valence-electron chi connectivity index (χ1n) is 5.19. The molecule has 5 nitrogen and oxygen atoms in total. The lowest BCUT2D eigenvalue weighted by atomic mass is 10.1. The topological polar surface area (TPSA) is 72.6 Å². The third-order valence-corrected chi connectivity index (χ3v) is 2.78. The van der Waals surface area contributed by atoms with Crippen LogP contribution < -0.4 is 4.74 Å². The average molecular weight is 322 g/mol. The maximum Gasteiger partial charge on any atom is 0.312 e. The van der Waals surface area contributed by atoms with Crippen molar-refractivity contribution >= 4 is 21.6 Å². The summed E-state index contributed by atoms with van der Waals surface area (Å²) in [6.07, 6.45) is 0.280. The lowest BCUT2D eigenvalue weighted by Gasteiger charge is -2.17. The van der Waals surface area contributed by atoms with Gasteiger partial charge in [0, 0.05) is 18.6 Å². The molecule has 18 heavy (non-hydrogen) atoms. The summed E-state index contributed by atoms with van der Waals surface area (Å²) in [5.41, 5.74) is -1.26. The number of nitro groups is 1. The van der Waals surface area contributed by atoms with Crippen LogP contribution in [0.25, 0.3) is 0 Å². The zero-order valence-electron chi connectivity index (χ0n) is 9.94. The Balaban J connectivity index is 2.87. The second-order valence-electron chi connectivity index (χ2n) is 4.40. The van der Waals surface area contributed by atoms with Crippen LogP contribution in [-0.2, 0) is 0 Å². The van der Waals surface area contributed by atoms with E-state index in [1.807, 2.05) is 0 Å². The Bertz CT molecular complexity index is 459. The highest BCUT2D eigenvalue weighted by molar-refractivity contribution is 9.10. The van der Waals surface area contributed by atoms with E-state index in [2.05, 4.69) is 15.9 Å². The Morgan fingerprint density at radius 1 is 1.56 bits per heavy atom. The van der Waals surface area contributed by atoms with Crippen LogP contribution in [0.5, 0.6) is 5.75 Å². The summed E-state index contributed by atoms with van der Waals surface area (Å²) in [5, 5.41) is 20.3. The van der Waals surface area contributed by atoms with Crippen molar-refractivity contribution in [1.82, 2.24) is 0 Å². The lowest BCUT2D eigenvalue weighted by molar-refractivity contribution is -0.386. The summed E-state index contributed by atoms with van der Waals surface area (Å²) in [6, 6.07) is 2.00. The van der Waals surface area contributed by atoms with Gasteiger partial charge in [0.15, 0.2) is 5.75 Å². The smallest absolute Gasteiger partial charge is 0.312 e. The maximum atomic E-state index is 13.3. The number of halogens is 2. The normalized spacial score (nSPS) is 11.4. The molecule has 0 aliphatic rings. The fourth-order valence-corrected chi connectivity index (χ4v) is 1.52. The van der Waals surface area contributed by atoms with Crippen LogP contribution in [0.3, 0.4) is 0 Å². The van der Waals surface area contributed by atoms with Crippen molar-refractivity contribution < 1.29 is 19.2 Å². The zero-order chi connectivity index (χ0) is 13.9. The molecular formula is C11H13BrFNO4. The predicted molar refractivity (Wildman–Crippen MR) is 67.2 cm³/mol. The minimum atomic E-state index is -0.942. The predicted octanol–water partition coefficient (Wildman–Crippen LogP) is 3.04. The standard InChI is InChI=1S/C11H13BrFNO4/c1-11(2,15)3-4-18-10-6-8(13)7(12)5-9(10)14(16)17/h5-6,15H,3-4H2,1-2H3. The summed E-state index contributed by atoms with van der Waals surface area (Å²) in [7, 11) is 0. The minimum Gasteiger partial charge on any atom is -0.487 e. The van der Waals surface area contributed by atoms with Gasteiger partial charge in [-0.3, -0.25) is 10.1 Å². The highest BCUT2D eigenvalue weighted by Crippen LogP contribution is 2.32. The van der Waals surface area contributed by atoms with Crippen LogP contribution in [0.4, 0.5) is 10.1 Å². The third-order valence-electron chi connectivity index (χ3n) is 2.17. The number of ether oxygens (including phenoxy) is 1. The molecule has 0 unspecified atom stereocenters. The molecule has 1 aromatic rings. The summed E-state index contributed by atoms with van der Waals surface area (Å²) >= 11 is 2.87. The van der Waals surface area contributed by atoms with E-state index in [9.17, 15) is 19.6 Å². The lowest BCUT2D eigenvalue weighted by Crippen LogP contribution is -2.22. The molecule has 0 aromatic heterocycles. The van der Waals surface area contributed by atoms with E-state index in [0.717, 1.165) is 12.1 Å². The van der Waals surface area contributed by atoms with Crippen LogP contribution in [0.15, 0.2) is 16.6 Å². The number of aliphatic hydroxyl groups is 1. The molecule has 0 radical (unpaired) electrons. The fourth-order valence-electron chi connectivity index (χ4n) is 1.19. The Morgan fingerprint density at radius 2 is 2.17 bits per heavy atom. The number of rotatable bonds is 5. The molecule has 0 saturated heterocycles. The molecule has 1 rings (SSSR count). The number of hydrogen-bond acceptors (Lipinski definition) is 4. The average Bonchev–Trinajstić information content (AvgIpc) is 2.20. The zero-order valence-corrected chi connectivity index (χ0v) is 11.5. The van der Waals surface area contributed by atoms with E-state index in [1.165, 1.54) is 0 Å². The molecule has 1 N–H and O–H groups in total. The van der Waals surface area contributed by atoms with Crippen LogP contribution in [0.2, 0.25) is 0 Å². The summed E-state index contributed by atoms with van der Waals surface area (Å²) in [4.78, 5) is 10.1. The van der Waals surface area contributed by atoms with Crippen molar-refractivity contribution in [2.75, 3.05) is 6.61 Å². The van der Waals surface area contributed by atoms with Gasteiger partial charge >= 0.3 is 5.69 Å². The molecule has 0 amide bonds. The molecule has 0 spiro atoms. The molecule has 100 valence electrons. The van der Waals surface area contributed by atoms with Crippen molar-refractivity contribution in [2.45, 2.75) is 25.9 Å². The van der Waals surface area contributed by atoms with Gasteiger partial charge in [-0.2, -0.15) is 0 Å². The van der Waals surface area contributed by atoms with E-state index in [-0.39, 0.29) is 28.9 Å². The minimum absolute atomic E-state index is 0.00374. The highest BCUT2D eigenvalue weighted by Gasteiger charge is 2.20. The monoisotopic (exact) mass is 321 g/mol. The van der Waals surface area contributed by atoms with Gasteiger partial charge in [-0.05, 0) is 29.8 Å². The molecule has 0 atom stereocenters. The largest absolute Gasteiger partial charge is 0.487 e.